The summed E-state index contributed by atoms with van der Waals surface area (Å²) in [7, 11) is 1.77. The first-order chi connectivity index (χ1) is 8.83. The van der Waals surface area contributed by atoms with Gasteiger partial charge in [0.15, 0.2) is 0 Å². The fourth-order valence-corrected chi connectivity index (χ4v) is 3.69. The number of methoxy groups -OCH3 is 1. The number of rotatable bonds is 3. The molecule has 106 valence electrons. The van der Waals surface area contributed by atoms with E-state index < -0.39 is 0 Å². The molecule has 3 nitrogen and oxygen atoms in total. The molecular formula is C15H23ClN2O. The molecule has 0 aromatic heterocycles. The minimum Gasteiger partial charge on any atom is -0.496 e. The van der Waals surface area contributed by atoms with E-state index in [1.165, 1.54) is 30.6 Å². The van der Waals surface area contributed by atoms with E-state index in [4.69, 9.17) is 10.5 Å². The second kappa shape index (κ2) is 6.12. The van der Waals surface area contributed by atoms with Crippen molar-refractivity contribution >= 4 is 12.4 Å². The van der Waals surface area contributed by atoms with Crippen molar-refractivity contribution in [2.45, 2.75) is 18.8 Å². The molecule has 2 atom stereocenters. The highest BCUT2D eigenvalue weighted by Crippen LogP contribution is 2.43. The average Bonchev–Trinajstić information content (AvgIpc) is 2.81. The molecule has 2 aliphatic rings. The van der Waals surface area contributed by atoms with E-state index in [2.05, 4.69) is 23.1 Å². The van der Waals surface area contributed by atoms with Crippen LogP contribution in [0.4, 0.5) is 0 Å². The molecule has 0 spiro atoms. The zero-order chi connectivity index (χ0) is 12.5. The van der Waals surface area contributed by atoms with E-state index in [0.717, 1.165) is 31.2 Å². The minimum absolute atomic E-state index is 0. The van der Waals surface area contributed by atoms with Crippen LogP contribution in [-0.2, 0) is 6.42 Å². The lowest BCUT2D eigenvalue weighted by molar-refractivity contribution is 0.329. The minimum atomic E-state index is 0. The van der Waals surface area contributed by atoms with Gasteiger partial charge in [-0.2, -0.15) is 0 Å². The lowest BCUT2D eigenvalue weighted by Gasteiger charge is -2.28. The predicted molar refractivity (Wildman–Crippen MR) is 80.3 cm³/mol. The summed E-state index contributed by atoms with van der Waals surface area (Å²) >= 11 is 0. The number of nitrogens with two attached hydrogens (primary N) is 1. The molecule has 1 saturated heterocycles. The van der Waals surface area contributed by atoms with Crippen molar-refractivity contribution in [3.05, 3.63) is 29.3 Å². The van der Waals surface area contributed by atoms with Crippen LogP contribution in [0.3, 0.4) is 0 Å². The van der Waals surface area contributed by atoms with E-state index >= 15 is 0 Å². The van der Waals surface area contributed by atoms with Crippen molar-refractivity contribution in [2.75, 3.05) is 33.3 Å². The Morgan fingerprint density at radius 3 is 2.95 bits per heavy atom. The van der Waals surface area contributed by atoms with Crippen LogP contribution in [0, 0.1) is 5.92 Å². The summed E-state index contributed by atoms with van der Waals surface area (Å²) in [6.07, 6.45) is 2.45. The Labute approximate surface area is 121 Å². The highest BCUT2D eigenvalue weighted by Gasteiger charge is 2.37. The molecule has 1 aliphatic carbocycles. The van der Waals surface area contributed by atoms with E-state index in [9.17, 15) is 0 Å². The van der Waals surface area contributed by atoms with Crippen LogP contribution in [0.25, 0.3) is 0 Å². The summed E-state index contributed by atoms with van der Waals surface area (Å²) in [5, 5.41) is 0. The number of hydrogen-bond acceptors (Lipinski definition) is 3. The molecule has 3 rings (SSSR count). The molecule has 0 unspecified atom stereocenters. The Morgan fingerprint density at radius 2 is 2.21 bits per heavy atom. The van der Waals surface area contributed by atoms with Crippen molar-refractivity contribution in [3.63, 3.8) is 0 Å². The Kier molecular flexibility index (Phi) is 4.71. The highest BCUT2D eigenvalue weighted by molar-refractivity contribution is 5.85. The van der Waals surface area contributed by atoms with E-state index in [0.29, 0.717) is 5.92 Å². The highest BCUT2D eigenvalue weighted by atomic mass is 35.5. The summed E-state index contributed by atoms with van der Waals surface area (Å²) in [4.78, 5) is 2.52. The first kappa shape index (κ1) is 14.6. The number of ether oxygens (including phenoxy) is 1. The van der Waals surface area contributed by atoms with Crippen LogP contribution in [-0.4, -0.2) is 38.2 Å². The molecule has 0 saturated carbocycles. The fourth-order valence-electron chi connectivity index (χ4n) is 3.69. The van der Waals surface area contributed by atoms with Crippen molar-refractivity contribution in [1.82, 2.24) is 4.90 Å². The fraction of sp³-hybridized carbons (Fsp3) is 0.600. The van der Waals surface area contributed by atoms with Gasteiger partial charge in [-0.25, -0.2) is 0 Å². The van der Waals surface area contributed by atoms with Gasteiger partial charge in [-0.1, -0.05) is 12.1 Å². The Hall–Kier alpha value is -0.770. The lowest BCUT2D eigenvalue weighted by atomic mass is 9.77. The topological polar surface area (TPSA) is 38.5 Å². The summed E-state index contributed by atoms with van der Waals surface area (Å²) in [5.41, 5.74) is 8.64. The van der Waals surface area contributed by atoms with Gasteiger partial charge in [-0.05, 0) is 36.0 Å². The molecule has 1 aromatic carbocycles. The van der Waals surface area contributed by atoms with Gasteiger partial charge in [0.2, 0.25) is 0 Å². The number of likely N-dealkylation sites (tertiary alicyclic amines) is 1. The largest absolute Gasteiger partial charge is 0.496 e. The SMILES string of the molecule is COc1cccc2c1CC[C@H]1CN(CCN)C[C@@H]21.Cl. The summed E-state index contributed by atoms with van der Waals surface area (Å²) in [5.74, 6) is 2.58. The van der Waals surface area contributed by atoms with Crippen molar-refractivity contribution in [2.24, 2.45) is 11.7 Å². The average molecular weight is 283 g/mol. The number of hydrogen-bond donors (Lipinski definition) is 1. The van der Waals surface area contributed by atoms with Crippen LogP contribution in [0.5, 0.6) is 5.75 Å². The molecule has 2 N–H and O–H groups in total. The molecule has 1 aromatic rings. The maximum Gasteiger partial charge on any atom is 0.122 e. The van der Waals surface area contributed by atoms with Gasteiger partial charge in [0.1, 0.15) is 5.75 Å². The first-order valence-corrected chi connectivity index (χ1v) is 6.91. The first-order valence-electron chi connectivity index (χ1n) is 6.91. The van der Waals surface area contributed by atoms with E-state index in [1.54, 1.807) is 7.11 Å². The Bertz CT molecular complexity index is 438. The Morgan fingerprint density at radius 1 is 1.37 bits per heavy atom. The molecule has 0 bridgehead atoms. The van der Waals surface area contributed by atoms with Crippen molar-refractivity contribution < 1.29 is 4.74 Å². The standard InChI is InChI=1S/C15H22N2O.ClH/c1-18-15-4-2-3-12-13(15)6-5-11-9-17(8-7-16)10-14(11)12;/h2-4,11,14H,5-10,16H2,1H3;1H/t11-,14+;/m0./s1. The zero-order valence-electron chi connectivity index (χ0n) is 11.5. The molecular weight excluding hydrogens is 260 g/mol. The monoisotopic (exact) mass is 282 g/mol. The molecule has 1 aliphatic heterocycles. The van der Waals surface area contributed by atoms with E-state index in [1.807, 2.05) is 0 Å². The maximum absolute atomic E-state index is 5.68. The summed E-state index contributed by atoms with van der Waals surface area (Å²) in [6.45, 7) is 4.19. The van der Waals surface area contributed by atoms with Gasteiger partial charge in [-0.3, -0.25) is 0 Å². The molecule has 19 heavy (non-hydrogen) atoms. The van der Waals surface area contributed by atoms with Crippen LogP contribution in [0.15, 0.2) is 18.2 Å². The van der Waals surface area contributed by atoms with Crippen LogP contribution in [0.2, 0.25) is 0 Å². The number of nitrogens with zero attached hydrogens (tertiary/aromatic N) is 1. The molecule has 4 heteroatoms. The summed E-state index contributed by atoms with van der Waals surface area (Å²) in [6, 6.07) is 6.51. The number of fused-ring (bicyclic) bond motifs is 3. The van der Waals surface area contributed by atoms with Gasteiger partial charge in [0.05, 0.1) is 7.11 Å². The normalized spacial score (nSPS) is 25.4. The van der Waals surface area contributed by atoms with Crippen molar-refractivity contribution in [1.29, 1.82) is 0 Å². The van der Waals surface area contributed by atoms with Crippen molar-refractivity contribution in [3.8, 4) is 5.75 Å². The van der Waals surface area contributed by atoms with Crippen LogP contribution in [0.1, 0.15) is 23.5 Å². The molecule has 1 fully saturated rings. The molecule has 1 heterocycles. The molecule has 0 amide bonds. The van der Waals surface area contributed by atoms with Gasteiger partial charge in [0, 0.05) is 32.1 Å². The number of halogens is 1. The smallest absolute Gasteiger partial charge is 0.122 e. The summed E-state index contributed by atoms with van der Waals surface area (Å²) < 4.78 is 5.50. The van der Waals surface area contributed by atoms with Crippen LogP contribution < -0.4 is 10.5 Å². The van der Waals surface area contributed by atoms with Crippen LogP contribution >= 0.6 is 12.4 Å². The third kappa shape index (κ3) is 2.60. The zero-order valence-corrected chi connectivity index (χ0v) is 12.3. The van der Waals surface area contributed by atoms with Gasteiger partial charge < -0.3 is 15.4 Å². The lowest BCUT2D eigenvalue weighted by Crippen LogP contribution is -2.27. The van der Waals surface area contributed by atoms with E-state index in [-0.39, 0.29) is 12.4 Å². The Balaban J connectivity index is 0.00000133. The van der Waals surface area contributed by atoms with Gasteiger partial charge >= 0.3 is 0 Å². The second-order valence-corrected chi connectivity index (χ2v) is 5.48. The maximum atomic E-state index is 5.68. The quantitative estimate of drug-likeness (QED) is 0.922. The second-order valence-electron chi connectivity index (χ2n) is 5.48. The third-order valence-corrected chi connectivity index (χ3v) is 4.52. The van der Waals surface area contributed by atoms with Gasteiger partial charge in [0.25, 0.3) is 0 Å². The predicted octanol–water partition coefficient (Wildman–Crippen LogP) is 2.04. The number of benzene rings is 1. The molecule has 0 radical (unpaired) electrons. The van der Waals surface area contributed by atoms with Gasteiger partial charge in [-0.15, -0.1) is 12.4 Å². The third-order valence-electron chi connectivity index (χ3n) is 4.52.